The summed E-state index contributed by atoms with van der Waals surface area (Å²) in [5.74, 6) is -2.96. The summed E-state index contributed by atoms with van der Waals surface area (Å²) in [6, 6.07) is 6.11. The number of carboxylic acids is 1. The van der Waals surface area contributed by atoms with Gasteiger partial charge >= 0.3 is 12.1 Å². The molecule has 2 rings (SSSR count). The number of alkyl halides is 3. The van der Waals surface area contributed by atoms with Crippen molar-refractivity contribution in [1.82, 2.24) is 19.9 Å². The number of hydrogen-bond donors (Lipinski definition) is 2. The summed E-state index contributed by atoms with van der Waals surface area (Å²) in [6.45, 7) is 4.43. The van der Waals surface area contributed by atoms with Crippen LogP contribution in [0.5, 0.6) is 0 Å². The number of amides is 1. The molecule has 1 amide bonds. The van der Waals surface area contributed by atoms with Crippen LogP contribution in [-0.4, -0.2) is 50.1 Å². The maximum Gasteiger partial charge on any atom is 0.490 e. The number of carboxylic acid groups (broad SMARTS) is 1. The summed E-state index contributed by atoms with van der Waals surface area (Å²) in [5.41, 5.74) is 7.03. The molecular formula is C18H23F4N5O3. The van der Waals surface area contributed by atoms with Crippen molar-refractivity contribution in [2.45, 2.75) is 39.2 Å². The third kappa shape index (κ3) is 7.43. The van der Waals surface area contributed by atoms with Gasteiger partial charge in [0.05, 0.1) is 17.9 Å². The summed E-state index contributed by atoms with van der Waals surface area (Å²) in [6.07, 6.45) is -3.42. The molecule has 166 valence electrons. The molecule has 30 heavy (non-hydrogen) atoms. The Morgan fingerprint density at radius 2 is 1.77 bits per heavy atom. The molecule has 0 bridgehead atoms. The fourth-order valence-electron chi connectivity index (χ4n) is 2.63. The summed E-state index contributed by atoms with van der Waals surface area (Å²) < 4.78 is 46.3. The van der Waals surface area contributed by atoms with Gasteiger partial charge in [0, 0.05) is 13.6 Å². The highest BCUT2D eigenvalue weighted by atomic mass is 19.4. The number of halogens is 4. The second-order valence-electron chi connectivity index (χ2n) is 6.66. The number of benzene rings is 1. The molecule has 8 nitrogen and oxygen atoms in total. The fourth-order valence-corrected chi connectivity index (χ4v) is 2.63. The Bertz CT molecular complexity index is 837. The van der Waals surface area contributed by atoms with Gasteiger partial charge in [-0.25, -0.2) is 13.9 Å². The second-order valence-corrected chi connectivity index (χ2v) is 6.66. The molecule has 0 aliphatic heterocycles. The van der Waals surface area contributed by atoms with Crippen molar-refractivity contribution in [3.8, 4) is 0 Å². The SMILES string of the molecule is CC(C)C(c1ccc(F)cc1)N(C)C(=O)Cn1cc(CN)nn1.O=C(O)C(F)(F)F. The molecule has 1 aromatic heterocycles. The number of carbonyl (C=O) groups is 2. The van der Waals surface area contributed by atoms with E-state index in [9.17, 15) is 22.4 Å². The van der Waals surface area contributed by atoms with E-state index in [4.69, 9.17) is 15.6 Å². The van der Waals surface area contributed by atoms with Crippen LogP contribution in [0.1, 0.15) is 31.1 Å². The lowest BCUT2D eigenvalue weighted by atomic mass is 9.94. The molecule has 0 radical (unpaired) electrons. The Balaban J connectivity index is 0.000000553. The number of rotatable bonds is 6. The molecule has 0 spiro atoms. The molecule has 1 atom stereocenters. The van der Waals surface area contributed by atoms with Crippen LogP contribution in [0.25, 0.3) is 0 Å². The molecule has 0 saturated heterocycles. The lowest BCUT2D eigenvalue weighted by Crippen LogP contribution is -2.36. The highest BCUT2D eigenvalue weighted by Crippen LogP contribution is 2.28. The maximum absolute atomic E-state index is 13.1. The molecule has 1 unspecified atom stereocenters. The van der Waals surface area contributed by atoms with E-state index in [0.717, 1.165) is 5.56 Å². The van der Waals surface area contributed by atoms with Gasteiger partial charge in [0.2, 0.25) is 5.91 Å². The topological polar surface area (TPSA) is 114 Å². The van der Waals surface area contributed by atoms with Gasteiger partial charge in [-0.05, 0) is 23.6 Å². The summed E-state index contributed by atoms with van der Waals surface area (Å²) in [4.78, 5) is 23.1. The van der Waals surface area contributed by atoms with E-state index in [1.807, 2.05) is 13.8 Å². The van der Waals surface area contributed by atoms with Gasteiger partial charge in [0.25, 0.3) is 0 Å². The number of nitrogens with zero attached hydrogens (tertiary/aromatic N) is 4. The minimum absolute atomic E-state index is 0.0912. The normalized spacial score (nSPS) is 12.2. The Labute approximate surface area is 170 Å². The van der Waals surface area contributed by atoms with Gasteiger partial charge in [-0.1, -0.05) is 31.2 Å². The molecule has 3 N–H and O–H groups in total. The number of aliphatic carboxylic acids is 1. The minimum Gasteiger partial charge on any atom is -0.475 e. The van der Waals surface area contributed by atoms with Gasteiger partial charge in [-0.3, -0.25) is 4.79 Å². The van der Waals surface area contributed by atoms with Gasteiger partial charge in [-0.2, -0.15) is 13.2 Å². The van der Waals surface area contributed by atoms with E-state index >= 15 is 0 Å². The molecular weight excluding hydrogens is 410 g/mol. The summed E-state index contributed by atoms with van der Waals surface area (Å²) in [5, 5.41) is 14.9. The van der Waals surface area contributed by atoms with Crippen LogP contribution in [0.2, 0.25) is 0 Å². The Hall–Kier alpha value is -3.02. The third-order valence-corrected chi connectivity index (χ3v) is 3.99. The number of aromatic nitrogens is 3. The van der Waals surface area contributed by atoms with E-state index in [0.29, 0.717) is 5.69 Å². The first-order chi connectivity index (χ1) is 13.9. The van der Waals surface area contributed by atoms with Crippen molar-refractivity contribution in [2.24, 2.45) is 11.7 Å². The molecule has 0 saturated carbocycles. The van der Waals surface area contributed by atoms with Gasteiger partial charge < -0.3 is 15.7 Å². The van der Waals surface area contributed by atoms with Crippen LogP contribution in [0.15, 0.2) is 30.5 Å². The first kappa shape index (κ1) is 25.0. The van der Waals surface area contributed by atoms with Crippen LogP contribution >= 0.6 is 0 Å². The highest BCUT2D eigenvalue weighted by molar-refractivity contribution is 5.76. The maximum atomic E-state index is 13.1. The summed E-state index contributed by atoms with van der Waals surface area (Å²) in [7, 11) is 1.75. The largest absolute Gasteiger partial charge is 0.490 e. The van der Waals surface area contributed by atoms with Crippen LogP contribution in [-0.2, 0) is 22.7 Å². The Morgan fingerprint density at radius 3 is 2.17 bits per heavy atom. The first-order valence-corrected chi connectivity index (χ1v) is 8.77. The quantitative estimate of drug-likeness (QED) is 0.676. The van der Waals surface area contributed by atoms with Crippen LogP contribution < -0.4 is 5.73 Å². The molecule has 0 fully saturated rings. The molecule has 1 heterocycles. The number of nitrogens with two attached hydrogens (primary N) is 1. The van der Waals surface area contributed by atoms with Crippen LogP contribution in [0.4, 0.5) is 17.6 Å². The predicted octanol–water partition coefficient (Wildman–Crippen LogP) is 2.36. The lowest BCUT2D eigenvalue weighted by Gasteiger charge is -2.31. The van der Waals surface area contributed by atoms with E-state index in [1.165, 1.54) is 16.8 Å². The molecule has 2 aromatic rings. The third-order valence-electron chi connectivity index (χ3n) is 3.99. The molecule has 12 heteroatoms. The number of likely N-dealkylation sites (N-methyl/N-ethyl adjacent to an activating group) is 1. The van der Waals surface area contributed by atoms with Crippen molar-refractivity contribution in [3.63, 3.8) is 0 Å². The van der Waals surface area contributed by atoms with Crippen molar-refractivity contribution in [3.05, 3.63) is 47.5 Å². The van der Waals surface area contributed by atoms with Crippen molar-refractivity contribution in [2.75, 3.05) is 7.05 Å². The van der Waals surface area contributed by atoms with Gasteiger partial charge in [0.15, 0.2) is 0 Å². The molecule has 0 aliphatic rings. The van der Waals surface area contributed by atoms with E-state index in [2.05, 4.69) is 10.3 Å². The average molecular weight is 433 g/mol. The highest BCUT2D eigenvalue weighted by Gasteiger charge is 2.38. The second kappa shape index (κ2) is 10.7. The minimum atomic E-state index is -5.08. The van der Waals surface area contributed by atoms with Crippen LogP contribution in [0, 0.1) is 11.7 Å². The van der Waals surface area contributed by atoms with Crippen molar-refractivity contribution < 1.29 is 32.3 Å². The number of hydrogen-bond acceptors (Lipinski definition) is 5. The Kier molecular flexibility index (Phi) is 8.90. The fraction of sp³-hybridized carbons (Fsp3) is 0.444. The zero-order valence-electron chi connectivity index (χ0n) is 16.6. The smallest absolute Gasteiger partial charge is 0.475 e. The zero-order valence-corrected chi connectivity index (χ0v) is 16.6. The van der Waals surface area contributed by atoms with E-state index < -0.39 is 12.1 Å². The summed E-state index contributed by atoms with van der Waals surface area (Å²) >= 11 is 0. The van der Waals surface area contributed by atoms with Gasteiger partial charge in [-0.15, -0.1) is 5.10 Å². The predicted molar refractivity (Wildman–Crippen MR) is 98.4 cm³/mol. The zero-order chi connectivity index (χ0) is 23.1. The van der Waals surface area contributed by atoms with Crippen LogP contribution in [0.3, 0.4) is 0 Å². The average Bonchev–Trinajstić information content (AvgIpc) is 3.10. The molecule has 0 aliphatic carbocycles. The first-order valence-electron chi connectivity index (χ1n) is 8.77. The van der Waals surface area contributed by atoms with Crippen molar-refractivity contribution in [1.29, 1.82) is 0 Å². The lowest BCUT2D eigenvalue weighted by molar-refractivity contribution is -0.192. The van der Waals surface area contributed by atoms with E-state index in [-0.39, 0.29) is 36.8 Å². The van der Waals surface area contributed by atoms with Gasteiger partial charge in [0.1, 0.15) is 12.4 Å². The van der Waals surface area contributed by atoms with E-state index in [1.54, 1.807) is 30.3 Å². The molecule has 1 aromatic carbocycles. The Morgan fingerprint density at radius 1 is 1.23 bits per heavy atom. The standard InChI is InChI=1S/C16H22FN5O.C2HF3O2/c1-11(2)16(12-4-6-13(17)7-5-12)21(3)15(23)10-22-9-14(8-18)19-20-22;3-2(4,5)1(6)7/h4-7,9,11,16H,8,10,18H2,1-3H3;(H,6,7). The van der Waals surface area contributed by atoms with Crippen molar-refractivity contribution >= 4 is 11.9 Å². The number of carbonyl (C=O) groups excluding carboxylic acids is 1. The monoisotopic (exact) mass is 433 g/mol.